The van der Waals surface area contributed by atoms with Crippen molar-refractivity contribution in [2.45, 2.75) is 12.8 Å². The molecule has 2 bridgehead atoms. The van der Waals surface area contributed by atoms with Crippen LogP contribution in [0.2, 0.25) is 5.02 Å². The lowest BCUT2D eigenvalue weighted by Crippen LogP contribution is -2.35. The molecule has 4 atom stereocenters. The van der Waals surface area contributed by atoms with E-state index in [1.165, 1.54) is 4.90 Å². The molecule has 1 aromatic rings. The molecule has 0 spiro atoms. The number of anilines is 1. The molecular formula is C18H16BrClN2O3. The molecule has 7 heteroatoms. The van der Waals surface area contributed by atoms with Gasteiger partial charge >= 0.3 is 0 Å². The summed E-state index contributed by atoms with van der Waals surface area (Å²) in [6.45, 7) is 0.115. The van der Waals surface area contributed by atoms with Gasteiger partial charge in [0.25, 0.3) is 0 Å². The highest BCUT2D eigenvalue weighted by Gasteiger charge is 2.58. The quantitative estimate of drug-likeness (QED) is 0.597. The molecule has 0 radical (unpaired) electrons. The molecule has 1 heterocycles. The number of allylic oxidation sites excluding steroid dienone is 2. The van der Waals surface area contributed by atoms with Crippen LogP contribution >= 0.6 is 27.5 Å². The van der Waals surface area contributed by atoms with Crippen LogP contribution in [-0.2, 0) is 14.4 Å². The molecular weight excluding hydrogens is 408 g/mol. The largest absolute Gasteiger partial charge is 0.325 e. The highest BCUT2D eigenvalue weighted by Crippen LogP contribution is 2.52. The van der Waals surface area contributed by atoms with Crippen LogP contribution in [0.3, 0.4) is 0 Å². The van der Waals surface area contributed by atoms with Gasteiger partial charge in [0.2, 0.25) is 17.7 Å². The van der Waals surface area contributed by atoms with Crippen molar-refractivity contribution < 1.29 is 14.4 Å². The van der Waals surface area contributed by atoms with Crippen LogP contribution in [0.25, 0.3) is 0 Å². The average molecular weight is 424 g/mol. The Kier molecular flexibility index (Phi) is 4.20. The van der Waals surface area contributed by atoms with Crippen molar-refractivity contribution in [1.29, 1.82) is 0 Å². The Labute approximate surface area is 158 Å². The first-order valence-corrected chi connectivity index (χ1v) is 9.41. The Morgan fingerprint density at radius 2 is 1.84 bits per heavy atom. The molecule has 1 aliphatic heterocycles. The van der Waals surface area contributed by atoms with E-state index in [1.54, 1.807) is 18.2 Å². The van der Waals surface area contributed by atoms with Gasteiger partial charge in [-0.15, -0.1) is 0 Å². The lowest BCUT2D eigenvalue weighted by atomic mass is 9.85. The Bertz CT molecular complexity index is 780. The number of carbonyl (C=O) groups excluding carboxylic acids is 3. The minimum atomic E-state index is -0.275. The summed E-state index contributed by atoms with van der Waals surface area (Å²) in [6.07, 6.45) is 5.08. The third-order valence-corrected chi connectivity index (χ3v) is 6.14. The van der Waals surface area contributed by atoms with Crippen LogP contribution in [0.1, 0.15) is 12.8 Å². The fourth-order valence-electron chi connectivity index (χ4n) is 4.20. The molecule has 1 aromatic carbocycles. The minimum Gasteiger partial charge on any atom is -0.325 e. The van der Waals surface area contributed by atoms with Crippen molar-refractivity contribution >= 4 is 50.9 Å². The predicted octanol–water partition coefficient (Wildman–Crippen LogP) is 3.24. The second kappa shape index (κ2) is 6.25. The summed E-state index contributed by atoms with van der Waals surface area (Å²) in [5.74, 6) is -0.581. The van der Waals surface area contributed by atoms with E-state index >= 15 is 0 Å². The molecule has 4 rings (SSSR count). The number of nitrogens with zero attached hydrogens (tertiary/aromatic N) is 1. The molecule has 0 unspecified atom stereocenters. The first-order chi connectivity index (χ1) is 12.0. The number of nitrogens with one attached hydrogen (secondary N) is 1. The summed E-state index contributed by atoms with van der Waals surface area (Å²) in [5.41, 5.74) is 0.507. The Morgan fingerprint density at radius 3 is 2.44 bits per heavy atom. The molecule has 3 amide bonds. The Morgan fingerprint density at radius 1 is 1.20 bits per heavy atom. The first-order valence-electron chi connectivity index (χ1n) is 8.24. The first kappa shape index (κ1) is 16.8. The SMILES string of the molecule is O=C(CCN1C(=O)[C@@H]2[C@H](C1=O)[C@@H]1C=C[C@H]2C1)Nc1ccc(Br)cc1Cl. The van der Waals surface area contributed by atoms with E-state index in [9.17, 15) is 14.4 Å². The standard InChI is InChI=1S/C18H16BrClN2O3/c19-11-3-4-13(12(20)8-11)21-14(23)5-6-22-17(24)15-9-1-2-10(7-9)16(15)18(22)25/h1-4,8-10,15-16H,5-7H2,(H,21,23)/t9-,10+,15-,16+. The van der Waals surface area contributed by atoms with Gasteiger partial charge in [-0.25, -0.2) is 0 Å². The second-order valence-electron chi connectivity index (χ2n) is 6.75. The molecule has 3 aliphatic rings. The zero-order valence-corrected chi connectivity index (χ0v) is 15.6. The molecule has 1 saturated carbocycles. The van der Waals surface area contributed by atoms with Crippen LogP contribution in [0.15, 0.2) is 34.8 Å². The van der Waals surface area contributed by atoms with E-state index in [1.807, 2.05) is 0 Å². The number of halogens is 2. The van der Waals surface area contributed by atoms with E-state index in [0.717, 1.165) is 10.9 Å². The number of amides is 3. The Balaban J connectivity index is 1.38. The molecule has 0 aromatic heterocycles. The van der Waals surface area contributed by atoms with E-state index in [4.69, 9.17) is 11.6 Å². The van der Waals surface area contributed by atoms with E-state index in [0.29, 0.717) is 10.7 Å². The maximum Gasteiger partial charge on any atom is 0.233 e. The number of rotatable bonds is 4. The summed E-state index contributed by atoms with van der Waals surface area (Å²) >= 11 is 9.39. The molecule has 130 valence electrons. The summed E-state index contributed by atoms with van der Waals surface area (Å²) in [4.78, 5) is 38.6. The van der Waals surface area contributed by atoms with E-state index in [2.05, 4.69) is 33.4 Å². The number of carbonyl (C=O) groups is 3. The topological polar surface area (TPSA) is 66.5 Å². The minimum absolute atomic E-state index is 0.0616. The zero-order valence-electron chi connectivity index (χ0n) is 13.2. The van der Waals surface area contributed by atoms with Crippen LogP contribution in [0, 0.1) is 23.7 Å². The van der Waals surface area contributed by atoms with Crippen molar-refractivity contribution in [3.63, 3.8) is 0 Å². The maximum absolute atomic E-state index is 12.6. The van der Waals surface area contributed by atoms with Crippen molar-refractivity contribution in [2.75, 3.05) is 11.9 Å². The van der Waals surface area contributed by atoms with Gasteiger partial charge in [-0.1, -0.05) is 39.7 Å². The Hall–Kier alpha value is -1.66. The number of benzene rings is 1. The van der Waals surface area contributed by atoms with E-state index in [-0.39, 0.29) is 54.4 Å². The summed E-state index contributed by atoms with van der Waals surface area (Å²) in [7, 11) is 0. The van der Waals surface area contributed by atoms with Crippen molar-refractivity contribution in [1.82, 2.24) is 4.90 Å². The van der Waals surface area contributed by atoms with Gasteiger partial charge in [0.15, 0.2) is 0 Å². The van der Waals surface area contributed by atoms with Crippen LogP contribution in [-0.4, -0.2) is 29.2 Å². The number of hydrogen-bond acceptors (Lipinski definition) is 3. The van der Waals surface area contributed by atoms with Crippen molar-refractivity contribution in [2.24, 2.45) is 23.7 Å². The smallest absolute Gasteiger partial charge is 0.233 e. The molecule has 25 heavy (non-hydrogen) atoms. The molecule has 2 fully saturated rings. The summed E-state index contributed by atoms with van der Waals surface area (Å²) in [6, 6.07) is 5.16. The number of fused-ring (bicyclic) bond motifs is 5. The fourth-order valence-corrected chi connectivity index (χ4v) is 4.92. The van der Waals surface area contributed by atoms with Gasteiger partial charge in [-0.3, -0.25) is 19.3 Å². The van der Waals surface area contributed by atoms with Gasteiger partial charge in [-0.2, -0.15) is 0 Å². The monoisotopic (exact) mass is 422 g/mol. The number of imide groups is 1. The molecule has 1 saturated heterocycles. The summed E-state index contributed by atoms with van der Waals surface area (Å²) < 4.78 is 0.818. The van der Waals surface area contributed by atoms with Crippen LogP contribution in [0.4, 0.5) is 5.69 Å². The van der Waals surface area contributed by atoms with Gasteiger partial charge in [-0.05, 0) is 36.5 Å². The highest BCUT2D eigenvalue weighted by atomic mass is 79.9. The summed E-state index contributed by atoms with van der Waals surface area (Å²) in [5, 5.41) is 3.14. The number of likely N-dealkylation sites (tertiary alicyclic amines) is 1. The highest BCUT2D eigenvalue weighted by molar-refractivity contribution is 9.10. The predicted molar refractivity (Wildman–Crippen MR) is 96.8 cm³/mol. The number of hydrogen-bond donors (Lipinski definition) is 1. The lowest BCUT2D eigenvalue weighted by Gasteiger charge is -2.17. The van der Waals surface area contributed by atoms with Gasteiger partial charge < -0.3 is 5.32 Å². The van der Waals surface area contributed by atoms with Crippen LogP contribution in [0.5, 0.6) is 0 Å². The van der Waals surface area contributed by atoms with Crippen molar-refractivity contribution in [3.05, 3.63) is 39.8 Å². The molecule has 2 aliphatic carbocycles. The van der Waals surface area contributed by atoms with Gasteiger partial charge in [0.1, 0.15) is 0 Å². The van der Waals surface area contributed by atoms with Gasteiger partial charge in [0.05, 0.1) is 22.5 Å². The average Bonchev–Trinajstić information content (AvgIpc) is 3.23. The van der Waals surface area contributed by atoms with Crippen LogP contribution < -0.4 is 5.32 Å². The maximum atomic E-state index is 12.6. The van der Waals surface area contributed by atoms with E-state index < -0.39 is 0 Å². The normalized spacial score (nSPS) is 29.4. The third kappa shape index (κ3) is 2.81. The fraction of sp³-hybridized carbons (Fsp3) is 0.389. The lowest BCUT2D eigenvalue weighted by molar-refractivity contribution is -0.140. The molecule has 5 nitrogen and oxygen atoms in total. The van der Waals surface area contributed by atoms with Gasteiger partial charge in [0, 0.05) is 17.4 Å². The second-order valence-corrected chi connectivity index (χ2v) is 8.07. The third-order valence-electron chi connectivity index (χ3n) is 5.33. The molecule has 1 N–H and O–H groups in total. The zero-order chi connectivity index (χ0) is 17.7. The van der Waals surface area contributed by atoms with Crippen molar-refractivity contribution in [3.8, 4) is 0 Å².